The number of amides is 1. The van der Waals surface area contributed by atoms with Gasteiger partial charge < -0.3 is 5.32 Å². The second-order valence-corrected chi connectivity index (χ2v) is 2.18. The summed E-state index contributed by atoms with van der Waals surface area (Å²) in [5.74, 6) is -0.243. The van der Waals surface area contributed by atoms with E-state index >= 15 is 0 Å². The Balaban J connectivity index is 4.14. The lowest BCUT2D eigenvalue weighted by Crippen LogP contribution is -2.29. The summed E-state index contributed by atoms with van der Waals surface area (Å²) in [6.07, 6.45) is 6.41. The van der Waals surface area contributed by atoms with Crippen LogP contribution in [0.25, 0.3) is 0 Å². The molecule has 0 saturated carbocycles. The summed E-state index contributed by atoms with van der Waals surface area (Å²) < 4.78 is 0. The highest BCUT2D eigenvalue weighted by Gasteiger charge is 2.03. The van der Waals surface area contributed by atoms with E-state index in [4.69, 9.17) is 0 Å². The van der Waals surface area contributed by atoms with Gasteiger partial charge >= 0.3 is 0 Å². The minimum atomic E-state index is -0.243. The maximum absolute atomic E-state index is 11.2. The monoisotopic (exact) mass is 178 g/mol. The van der Waals surface area contributed by atoms with Crippen molar-refractivity contribution in [2.45, 2.75) is 6.92 Å². The number of allylic oxidation sites excluding steroid dienone is 1. The molecule has 0 aliphatic heterocycles. The van der Waals surface area contributed by atoms with Crippen LogP contribution in [-0.4, -0.2) is 18.2 Å². The first-order chi connectivity index (χ1) is 6.26. The van der Waals surface area contributed by atoms with E-state index in [0.717, 1.165) is 0 Å². The van der Waals surface area contributed by atoms with Crippen LogP contribution < -0.4 is 5.32 Å². The molecule has 13 heavy (non-hydrogen) atoms. The highest BCUT2D eigenvalue weighted by Crippen LogP contribution is 1.82. The smallest absolute Gasteiger partial charge is 0.270 e. The number of aliphatic imine (C=N–C) groups is 1. The normalized spacial score (nSPS) is 11.3. The molecule has 0 radical (unpaired) electrons. The molecular weight excluding hydrogens is 164 g/mol. The maximum Gasteiger partial charge on any atom is 0.270 e. The van der Waals surface area contributed by atoms with Crippen LogP contribution in [0.3, 0.4) is 0 Å². The zero-order valence-corrected chi connectivity index (χ0v) is 7.79. The Labute approximate surface area is 78.6 Å². The van der Waals surface area contributed by atoms with Gasteiger partial charge in [-0.05, 0) is 13.0 Å². The van der Waals surface area contributed by atoms with Gasteiger partial charge in [-0.2, -0.15) is 0 Å². The average Bonchev–Trinajstić information content (AvgIpc) is 2.14. The first-order valence-corrected chi connectivity index (χ1v) is 3.96. The van der Waals surface area contributed by atoms with Crippen molar-refractivity contribution >= 4 is 11.6 Å². The molecule has 0 aliphatic carbocycles. The molecule has 70 valence electrons. The molecule has 0 aromatic carbocycles. The van der Waals surface area contributed by atoms with Crippen LogP contribution in [0, 0.1) is 0 Å². The summed E-state index contributed by atoms with van der Waals surface area (Å²) in [7, 11) is 0. The first-order valence-electron chi connectivity index (χ1n) is 3.96. The lowest BCUT2D eigenvalue weighted by Gasteiger charge is -1.99. The number of hydrogen-bond acceptors (Lipinski definition) is 2. The van der Waals surface area contributed by atoms with Gasteiger partial charge in [0.05, 0.1) is 0 Å². The third kappa shape index (κ3) is 4.74. The summed E-state index contributed by atoms with van der Waals surface area (Å²) in [5, 5.41) is 2.64. The van der Waals surface area contributed by atoms with E-state index in [-0.39, 0.29) is 11.6 Å². The van der Waals surface area contributed by atoms with Gasteiger partial charge in [-0.3, -0.25) is 9.79 Å². The molecule has 1 amide bonds. The summed E-state index contributed by atoms with van der Waals surface area (Å²) in [6.45, 7) is 9.26. The number of carbonyl (C=O) groups is 1. The van der Waals surface area contributed by atoms with E-state index < -0.39 is 0 Å². The average molecular weight is 178 g/mol. The Morgan fingerprint density at radius 2 is 2.23 bits per heavy atom. The molecule has 0 rings (SSSR count). The molecule has 0 fully saturated rings. The zero-order valence-electron chi connectivity index (χ0n) is 7.79. The van der Waals surface area contributed by atoms with E-state index in [1.807, 2.05) is 19.1 Å². The Morgan fingerprint density at radius 3 is 2.69 bits per heavy atom. The second-order valence-electron chi connectivity index (χ2n) is 2.18. The number of nitrogens with one attached hydrogen (secondary N) is 1. The molecule has 0 bridgehead atoms. The second kappa shape index (κ2) is 7.03. The van der Waals surface area contributed by atoms with Crippen molar-refractivity contribution in [1.29, 1.82) is 0 Å². The lowest BCUT2D eigenvalue weighted by atomic mass is 10.3. The first kappa shape index (κ1) is 11.4. The van der Waals surface area contributed by atoms with Gasteiger partial charge in [-0.15, -0.1) is 0 Å². The molecule has 0 saturated heterocycles. The maximum atomic E-state index is 11.2. The van der Waals surface area contributed by atoms with E-state index in [1.165, 1.54) is 12.3 Å². The van der Waals surface area contributed by atoms with Crippen molar-refractivity contribution < 1.29 is 4.79 Å². The highest BCUT2D eigenvalue weighted by atomic mass is 16.1. The van der Waals surface area contributed by atoms with Gasteiger partial charge in [0.2, 0.25) is 0 Å². The molecule has 0 heterocycles. The van der Waals surface area contributed by atoms with Crippen LogP contribution in [0.15, 0.2) is 42.6 Å². The summed E-state index contributed by atoms with van der Waals surface area (Å²) >= 11 is 0. The van der Waals surface area contributed by atoms with Gasteiger partial charge in [-0.25, -0.2) is 0 Å². The van der Waals surface area contributed by atoms with Gasteiger partial charge in [0.25, 0.3) is 5.91 Å². The molecule has 0 unspecified atom stereocenters. The predicted molar refractivity (Wildman–Crippen MR) is 55.7 cm³/mol. The molecule has 0 aliphatic rings. The van der Waals surface area contributed by atoms with Crippen molar-refractivity contribution in [1.82, 2.24) is 5.32 Å². The van der Waals surface area contributed by atoms with E-state index in [2.05, 4.69) is 23.5 Å². The summed E-state index contributed by atoms with van der Waals surface area (Å²) in [6, 6.07) is 0. The van der Waals surface area contributed by atoms with Crippen molar-refractivity contribution in [3.8, 4) is 0 Å². The topological polar surface area (TPSA) is 41.5 Å². The number of carbonyl (C=O) groups excluding carboxylic acids is 1. The molecule has 0 spiro atoms. The minimum absolute atomic E-state index is 0.243. The van der Waals surface area contributed by atoms with Crippen molar-refractivity contribution in [3.63, 3.8) is 0 Å². The van der Waals surface area contributed by atoms with E-state index in [9.17, 15) is 4.79 Å². The molecule has 1 N–H and O–H groups in total. The van der Waals surface area contributed by atoms with Gasteiger partial charge in [0.15, 0.2) is 0 Å². The summed E-state index contributed by atoms with van der Waals surface area (Å²) in [4.78, 5) is 15.0. The van der Waals surface area contributed by atoms with Crippen molar-refractivity contribution in [2.75, 3.05) is 6.54 Å². The van der Waals surface area contributed by atoms with Crippen molar-refractivity contribution in [3.05, 3.63) is 37.6 Å². The van der Waals surface area contributed by atoms with Crippen LogP contribution in [0.2, 0.25) is 0 Å². The molecule has 0 aromatic rings. The number of nitrogens with zero attached hydrogens (tertiary/aromatic N) is 1. The largest absolute Gasteiger partial charge is 0.347 e. The molecule has 0 atom stereocenters. The molecule has 0 aromatic heterocycles. The Bertz CT molecular complexity index is 252. The van der Waals surface area contributed by atoms with Crippen LogP contribution in [0.5, 0.6) is 0 Å². The van der Waals surface area contributed by atoms with Crippen molar-refractivity contribution in [2.24, 2.45) is 4.99 Å². The summed E-state index contributed by atoms with van der Waals surface area (Å²) in [5.41, 5.74) is 0.277. The zero-order chi connectivity index (χ0) is 10.1. The van der Waals surface area contributed by atoms with E-state index in [0.29, 0.717) is 6.54 Å². The Morgan fingerprint density at radius 1 is 1.54 bits per heavy atom. The van der Waals surface area contributed by atoms with Gasteiger partial charge in [-0.1, -0.05) is 25.3 Å². The molecular formula is C10H14N2O. The fourth-order valence-electron chi connectivity index (χ4n) is 0.662. The Kier molecular flexibility index (Phi) is 6.15. The molecule has 3 nitrogen and oxygen atoms in total. The Hall–Kier alpha value is -1.64. The highest BCUT2D eigenvalue weighted by molar-refractivity contribution is 6.43. The molecule has 3 heteroatoms. The lowest BCUT2D eigenvalue weighted by molar-refractivity contribution is -0.114. The minimum Gasteiger partial charge on any atom is -0.347 e. The number of rotatable bonds is 5. The fraction of sp³-hybridized carbons (Fsp3) is 0.200. The predicted octanol–water partition coefficient (Wildman–Crippen LogP) is 1.45. The third-order valence-corrected chi connectivity index (χ3v) is 1.27. The third-order valence-electron chi connectivity index (χ3n) is 1.27. The van der Waals surface area contributed by atoms with Crippen LogP contribution in [0.1, 0.15) is 6.92 Å². The van der Waals surface area contributed by atoms with Gasteiger partial charge in [0, 0.05) is 12.7 Å². The number of hydrogen-bond donors (Lipinski definition) is 1. The van der Waals surface area contributed by atoms with E-state index in [1.54, 1.807) is 0 Å². The standard InChI is InChI=1S/C10H14N2O/c1-4-7-8-12-10(13)9(5-2)11-6-3/h4-7H,2-3,8H2,1H3,(H,12,13)/b7-4+,11-9?. The van der Waals surface area contributed by atoms with Crippen LogP contribution >= 0.6 is 0 Å². The van der Waals surface area contributed by atoms with Crippen LogP contribution in [-0.2, 0) is 4.79 Å². The fourth-order valence-corrected chi connectivity index (χ4v) is 0.662. The quantitative estimate of drug-likeness (QED) is 0.502. The SMILES string of the molecule is C=CN=C(C=C)C(=O)NC/C=C/C. The van der Waals surface area contributed by atoms with Crippen LogP contribution in [0.4, 0.5) is 0 Å². The van der Waals surface area contributed by atoms with Gasteiger partial charge in [0.1, 0.15) is 5.71 Å².